The van der Waals surface area contributed by atoms with Crippen LogP contribution in [0.25, 0.3) is 44.5 Å². The van der Waals surface area contributed by atoms with Crippen LogP contribution in [0.5, 0.6) is 17.2 Å². The average Bonchev–Trinajstić information content (AvgIpc) is 3.27. The molecule has 0 spiro atoms. The maximum absolute atomic E-state index is 13.5. The van der Waals surface area contributed by atoms with E-state index in [4.69, 9.17) is 9.47 Å². The zero-order valence-electron chi connectivity index (χ0n) is 31.7. The van der Waals surface area contributed by atoms with E-state index in [1.807, 2.05) is 79.7 Å². The predicted molar refractivity (Wildman–Crippen MR) is 230 cm³/mol. The molecule has 0 saturated heterocycles. The Balaban J connectivity index is 0.888. The number of hydrogen-bond acceptors (Lipinski definition) is 6. The van der Waals surface area contributed by atoms with Gasteiger partial charge in [0.05, 0.1) is 26.7 Å². The molecule has 0 aromatic heterocycles. The first-order chi connectivity index (χ1) is 28.1. The van der Waals surface area contributed by atoms with Crippen LogP contribution in [0.3, 0.4) is 0 Å². The zero-order valence-corrected chi connectivity index (χ0v) is 33.4. The molecule has 8 heteroatoms. The highest BCUT2D eigenvalue weighted by Gasteiger charge is 2.19. The van der Waals surface area contributed by atoms with E-state index in [0.29, 0.717) is 11.5 Å². The van der Waals surface area contributed by atoms with Gasteiger partial charge >= 0.3 is 0 Å². The highest BCUT2D eigenvalue weighted by molar-refractivity contribution is 7.91. The topological polar surface area (TPSA) is 86.7 Å². The molecule has 0 aliphatic carbocycles. The van der Waals surface area contributed by atoms with Crippen LogP contribution >= 0.6 is 0 Å². The summed E-state index contributed by atoms with van der Waals surface area (Å²) < 4.78 is 64.6. The molecule has 8 aromatic carbocycles. The summed E-state index contributed by atoms with van der Waals surface area (Å²) in [7, 11) is -5.72. The number of benzene rings is 8. The van der Waals surface area contributed by atoms with Gasteiger partial charge in [0.15, 0.2) is 0 Å². The molecule has 8 aromatic rings. The molecule has 0 atom stereocenters. The summed E-state index contributed by atoms with van der Waals surface area (Å²) in [4.78, 5) is 0.862. The van der Waals surface area contributed by atoms with Crippen molar-refractivity contribution in [3.8, 4) is 61.8 Å². The average molecular weight is 799 g/mol. The van der Waals surface area contributed by atoms with Crippen LogP contribution in [-0.2, 0) is 19.7 Å². The molecule has 0 aliphatic heterocycles. The second-order valence-corrected chi connectivity index (χ2v) is 17.7. The summed E-state index contributed by atoms with van der Waals surface area (Å²) in [5.41, 5.74) is 8.96. The van der Waals surface area contributed by atoms with Gasteiger partial charge in [-0.05, 0) is 136 Å². The fraction of sp³-hybridized carbons (Fsp3) is 0.0400. The molecule has 0 bridgehead atoms. The van der Waals surface area contributed by atoms with Crippen molar-refractivity contribution in [3.05, 3.63) is 200 Å². The largest absolute Gasteiger partial charge is 0.497 e. The Bertz CT molecular complexity index is 2890. The molecular weight excluding hydrogens is 761 g/mol. The van der Waals surface area contributed by atoms with Crippen molar-refractivity contribution in [1.29, 1.82) is 0 Å². The van der Waals surface area contributed by atoms with Gasteiger partial charge in [0.2, 0.25) is 19.7 Å². The molecule has 58 heavy (non-hydrogen) atoms. The van der Waals surface area contributed by atoms with Gasteiger partial charge in [0, 0.05) is 0 Å². The van der Waals surface area contributed by atoms with Gasteiger partial charge in [0.25, 0.3) is 0 Å². The molecule has 8 rings (SSSR count). The molecule has 0 N–H and O–H groups in total. The molecule has 0 aliphatic rings. The second-order valence-electron chi connectivity index (χ2n) is 13.8. The number of aryl methyl sites for hydroxylation is 1. The Morgan fingerprint density at radius 3 is 0.793 bits per heavy atom. The third-order valence-corrected chi connectivity index (χ3v) is 13.6. The summed E-state index contributed by atoms with van der Waals surface area (Å²) >= 11 is 0. The summed E-state index contributed by atoms with van der Waals surface area (Å²) in [6.07, 6.45) is 0. The first-order valence-corrected chi connectivity index (χ1v) is 21.5. The van der Waals surface area contributed by atoms with Gasteiger partial charge < -0.3 is 9.47 Å². The lowest BCUT2D eigenvalue weighted by molar-refractivity contribution is 0.415. The minimum absolute atomic E-state index is 0.170. The van der Waals surface area contributed by atoms with Gasteiger partial charge in [-0.15, -0.1) is 0 Å². The van der Waals surface area contributed by atoms with Gasteiger partial charge in [-0.25, -0.2) is 16.8 Å². The number of methoxy groups -OCH3 is 1. The molecule has 0 saturated carbocycles. The first kappa shape index (κ1) is 38.1. The summed E-state index contributed by atoms with van der Waals surface area (Å²) in [6, 6.07) is 58.9. The zero-order chi connectivity index (χ0) is 40.3. The van der Waals surface area contributed by atoms with E-state index in [1.54, 1.807) is 104 Å². The summed E-state index contributed by atoms with van der Waals surface area (Å²) in [5, 5.41) is 0. The molecule has 6 nitrogen and oxygen atoms in total. The Morgan fingerprint density at radius 2 is 0.500 bits per heavy atom. The third-order valence-electron chi connectivity index (χ3n) is 10.1. The van der Waals surface area contributed by atoms with E-state index < -0.39 is 19.7 Å². The summed E-state index contributed by atoms with van der Waals surface area (Å²) in [6.45, 7) is 1.92. The minimum atomic E-state index is -3.77. The molecule has 0 amide bonds. The van der Waals surface area contributed by atoms with Crippen molar-refractivity contribution in [3.63, 3.8) is 0 Å². The van der Waals surface area contributed by atoms with Crippen molar-refractivity contribution in [2.24, 2.45) is 0 Å². The standard InChI is InChI=1S/C50H38O6S2/c1-35-3-27-47(28-4-35)57(51,52)48-29-17-42(18-30-48)38-9-11-39(12-10-38)43-19-31-49(32-20-43)58(53,54)50-33-25-46(26-34-50)56-45-23-15-41(16-24-45)37-7-5-36(6-8-37)40-13-21-44(55-2)22-14-40/h3-34H,1-2H3. The molecular formula is C50H38O6S2. The van der Waals surface area contributed by atoms with E-state index in [1.165, 1.54) is 0 Å². The number of sulfone groups is 2. The molecule has 0 radical (unpaired) electrons. The van der Waals surface area contributed by atoms with Gasteiger partial charge in [-0.3, -0.25) is 0 Å². The van der Waals surface area contributed by atoms with Crippen molar-refractivity contribution >= 4 is 19.7 Å². The summed E-state index contributed by atoms with van der Waals surface area (Å²) in [5.74, 6) is 1.99. The Hall–Kier alpha value is -6.74. The molecule has 0 heterocycles. The van der Waals surface area contributed by atoms with Crippen LogP contribution < -0.4 is 9.47 Å². The highest BCUT2D eigenvalue weighted by atomic mass is 32.2. The lowest BCUT2D eigenvalue weighted by Crippen LogP contribution is -2.02. The van der Waals surface area contributed by atoms with Gasteiger partial charge in [-0.1, -0.05) is 115 Å². The fourth-order valence-corrected chi connectivity index (χ4v) is 9.20. The minimum Gasteiger partial charge on any atom is -0.497 e. The first-order valence-electron chi connectivity index (χ1n) is 18.6. The lowest BCUT2D eigenvalue weighted by Gasteiger charge is -2.10. The quantitative estimate of drug-likeness (QED) is 0.129. The molecule has 0 fully saturated rings. The predicted octanol–water partition coefficient (Wildman–Crippen LogP) is 12.1. The smallest absolute Gasteiger partial charge is 0.206 e. The van der Waals surface area contributed by atoms with Crippen molar-refractivity contribution in [2.45, 2.75) is 26.5 Å². The van der Waals surface area contributed by atoms with E-state index in [2.05, 4.69) is 24.3 Å². The number of rotatable bonds is 11. The van der Waals surface area contributed by atoms with Crippen LogP contribution in [0.4, 0.5) is 0 Å². The van der Waals surface area contributed by atoms with E-state index in [-0.39, 0.29) is 19.6 Å². The van der Waals surface area contributed by atoms with Crippen molar-refractivity contribution in [1.82, 2.24) is 0 Å². The third kappa shape index (κ3) is 8.07. The van der Waals surface area contributed by atoms with Crippen LogP contribution in [0.1, 0.15) is 5.56 Å². The van der Waals surface area contributed by atoms with Crippen LogP contribution in [0.15, 0.2) is 214 Å². The van der Waals surface area contributed by atoms with Crippen molar-refractivity contribution in [2.75, 3.05) is 7.11 Å². The fourth-order valence-electron chi connectivity index (χ4n) is 6.67. The van der Waals surface area contributed by atoms with Crippen molar-refractivity contribution < 1.29 is 26.3 Å². The maximum Gasteiger partial charge on any atom is 0.206 e. The van der Waals surface area contributed by atoms with Gasteiger partial charge in [0.1, 0.15) is 17.2 Å². The van der Waals surface area contributed by atoms with Crippen LogP contribution in [-0.4, -0.2) is 23.9 Å². The molecule has 0 unspecified atom stereocenters. The number of ether oxygens (including phenoxy) is 2. The van der Waals surface area contributed by atoms with Crippen LogP contribution in [0.2, 0.25) is 0 Å². The van der Waals surface area contributed by atoms with Gasteiger partial charge in [-0.2, -0.15) is 0 Å². The second kappa shape index (κ2) is 16.0. The van der Waals surface area contributed by atoms with Crippen LogP contribution in [0, 0.1) is 6.92 Å². The normalized spacial score (nSPS) is 11.6. The SMILES string of the molecule is COc1ccc(-c2ccc(-c3ccc(Oc4ccc(S(=O)(=O)c5ccc(-c6ccc(-c7ccc(S(=O)(=O)c8ccc(C)cc8)cc7)cc6)cc5)cc4)cc3)cc2)cc1. The Labute approximate surface area is 339 Å². The maximum atomic E-state index is 13.5. The lowest BCUT2D eigenvalue weighted by atomic mass is 10.0. The van der Waals surface area contributed by atoms with E-state index in [0.717, 1.165) is 55.8 Å². The molecule has 286 valence electrons. The van der Waals surface area contributed by atoms with E-state index >= 15 is 0 Å². The van der Waals surface area contributed by atoms with E-state index in [9.17, 15) is 16.8 Å². The Kier molecular flexibility index (Phi) is 10.5. The highest BCUT2D eigenvalue weighted by Crippen LogP contribution is 2.32. The monoisotopic (exact) mass is 798 g/mol. The number of hydrogen-bond donors (Lipinski definition) is 0. The Morgan fingerprint density at radius 1 is 0.293 bits per heavy atom.